The summed E-state index contributed by atoms with van der Waals surface area (Å²) in [5, 5.41) is 13.9. The first kappa shape index (κ1) is 21.7. The third-order valence-corrected chi connectivity index (χ3v) is 6.67. The topological polar surface area (TPSA) is 113 Å². The lowest BCUT2D eigenvalue weighted by atomic mass is 10.2. The highest BCUT2D eigenvalue weighted by Gasteiger charge is 2.30. The molecule has 1 heterocycles. The Hall–Kier alpha value is -3.05. The number of carbonyl (C=O) groups excluding carboxylic acids is 1. The Kier molecular flexibility index (Phi) is 6.63. The van der Waals surface area contributed by atoms with E-state index in [2.05, 4.69) is 5.32 Å². The van der Waals surface area contributed by atoms with Crippen LogP contribution in [0.25, 0.3) is 0 Å². The molecule has 1 amide bonds. The first-order valence-corrected chi connectivity index (χ1v) is 10.7. The van der Waals surface area contributed by atoms with Gasteiger partial charge in [-0.1, -0.05) is 18.2 Å². The van der Waals surface area contributed by atoms with Crippen molar-refractivity contribution in [3.05, 3.63) is 64.5 Å². The molecule has 0 aromatic heterocycles. The van der Waals surface area contributed by atoms with Gasteiger partial charge < -0.3 is 10.2 Å². The van der Waals surface area contributed by atoms with Gasteiger partial charge in [-0.15, -0.1) is 0 Å². The minimum atomic E-state index is -3.82. The van der Waals surface area contributed by atoms with Crippen LogP contribution in [0, 0.1) is 15.9 Å². The molecule has 0 aliphatic carbocycles. The molecule has 30 heavy (non-hydrogen) atoms. The summed E-state index contributed by atoms with van der Waals surface area (Å²) in [5.41, 5.74) is 0.266. The van der Waals surface area contributed by atoms with Gasteiger partial charge in [0.25, 0.3) is 5.69 Å². The number of para-hydroxylation sites is 2. The molecule has 0 atom stereocenters. The predicted molar refractivity (Wildman–Crippen MR) is 108 cm³/mol. The number of nitrogens with one attached hydrogen (secondary N) is 1. The number of rotatable bonds is 7. The zero-order valence-corrected chi connectivity index (χ0v) is 16.8. The van der Waals surface area contributed by atoms with Crippen LogP contribution in [0.1, 0.15) is 6.42 Å². The van der Waals surface area contributed by atoms with Gasteiger partial charge in [-0.25, -0.2) is 12.8 Å². The lowest BCUT2D eigenvalue weighted by molar-refractivity contribution is -0.384. The van der Waals surface area contributed by atoms with Crippen molar-refractivity contribution >= 4 is 27.3 Å². The zero-order valence-electron chi connectivity index (χ0n) is 16.0. The van der Waals surface area contributed by atoms with Crippen LogP contribution in [0.2, 0.25) is 0 Å². The average molecular weight is 436 g/mol. The van der Waals surface area contributed by atoms with Crippen LogP contribution in [-0.4, -0.2) is 61.2 Å². The molecular weight excluding hydrogens is 415 g/mol. The van der Waals surface area contributed by atoms with Gasteiger partial charge in [-0.2, -0.15) is 4.31 Å². The number of hydrogen-bond donors (Lipinski definition) is 1. The van der Waals surface area contributed by atoms with Gasteiger partial charge in [0.15, 0.2) is 0 Å². The fourth-order valence-electron chi connectivity index (χ4n) is 3.20. The summed E-state index contributed by atoms with van der Waals surface area (Å²) in [6.07, 6.45) is 0.114. The Morgan fingerprint density at radius 2 is 1.80 bits per heavy atom. The van der Waals surface area contributed by atoms with E-state index in [0.29, 0.717) is 5.69 Å². The molecule has 0 bridgehead atoms. The van der Waals surface area contributed by atoms with Crippen LogP contribution < -0.4 is 5.32 Å². The highest BCUT2D eigenvalue weighted by atomic mass is 32.2. The van der Waals surface area contributed by atoms with Crippen molar-refractivity contribution in [2.75, 3.05) is 38.0 Å². The number of amides is 1. The summed E-state index contributed by atoms with van der Waals surface area (Å²) in [6, 6.07) is 11.0. The second kappa shape index (κ2) is 9.18. The Labute approximate surface area is 173 Å². The van der Waals surface area contributed by atoms with Crippen LogP contribution in [-0.2, 0) is 14.8 Å². The summed E-state index contributed by atoms with van der Waals surface area (Å²) in [4.78, 5) is 24.4. The second-order valence-corrected chi connectivity index (χ2v) is 8.63. The smallest absolute Gasteiger partial charge is 0.292 e. The van der Waals surface area contributed by atoms with Crippen molar-refractivity contribution in [3.63, 3.8) is 0 Å². The van der Waals surface area contributed by atoms with Crippen molar-refractivity contribution in [2.24, 2.45) is 0 Å². The number of nitrogens with zero attached hydrogens (tertiary/aromatic N) is 3. The fourth-order valence-corrected chi connectivity index (χ4v) is 4.65. The Morgan fingerprint density at radius 1 is 1.10 bits per heavy atom. The maximum atomic E-state index is 13.4. The molecule has 1 aliphatic heterocycles. The van der Waals surface area contributed by atoms with Crippen molar-refractivity contribution in [1.82, 2.24) is 9.21 Å². The Bertz CT molecular complexity index is 1040. The number of benzene rings is 2. The maximum absolute atomic E-state index is 13.4. The molecule has 2 aromatic rings. The summed E-state index contributed by atoms with van der Waals surface area (Å²) in [5.74, 6) is -0.806. The quantitative estimate of drug-likeness (QED) is 0.525. The van der Waals surface area contributed by atoms with Gasteiger partial charge in [0.05, 0.1) is 9.82 Å². The third-order valence-electron chi connectivity index (χ3n) is 4.78. The highest BCUT2D eigenvalue weighted by molar-refractivity contribution is 7.89. The predicted octanol–water partition coefficient (Wildman–Crippen LogP) is 2.07. The van der Waals surface area contributed by atoms with E-state index in [0.717, 1.165) is 6.07 Å². The minimum Gasteiger partial charge on any atom is -0.379 e. The number of sulfonamides is 1. The third kappa shape index (κ3) is 4.92. The van der Waals surface area contributed by atoms with E-state index in [1.165, 1.54) is 28.6 Å². The highest BCUT2D eigenvalue weighted by Crippen LogP contribution is 2.23. The van der Waals surface area contributed by atoms with Gasteiger partial charge in [0.2, 0.25) is 15.9 Å². The van der Waals surface area contributed by atoms with Crippen LogP contribution in [0.4, 0.5) is 15.8 Å². The van der Waals surface area contributed by atoms with E-state index in [1.54, 1.807) is 23.1 Å². The summed E-state index contributed by atoms with van der Waals surface area (Å²) in [7, 11) is -3.82. The molecule has 2 aromatic carbocycles. The molecule has 160 valence electrons. The lowest BCUT2D eigenvalue weighted by Crippen LogP contribution is -2.50. The summed E-state index contributed by atoms with van der Waals surface area (Å²) >= 11 is 0. The van der Waals surface area contributed by atoms with E-state index < -0.39 is 20.8 Å². The van der Waals surface area contributed by atoms with Gasteiger partial charge >= 0.3 is 0 Å². The first-order chi connectivity index (χ1) is 14.3. The number of nitro benzene ring substituents is 1. The minimum absolute atomic E-state index is 0.0684. The molecule has 1 aliphatic rings. The van der Waals surface area contributed by atoms with E-state index in [1.807, 2.05) is 0 Å². The molecule has 1 saturated heterocycles. The molecule has 1 N–H and O–H groups in total. The summed E-state index contributed by atoms with van der Waals surface area (Å²) in [6.45, 7) is 0.883. The molecule has 0 spiro atoms. The zero-order chi connectivity index (χ0) is 21.7. The first-order valence-electron chi connectivity index (χ1n) is 9.30. The SMILES string of the molecule is O=C(CCNc1ccccc1[N+](=O)[O-])N1CCN(S(=O)(=O)c2cccc(F)c2)CC1. The van der Waals surface area contributed by atoms with Crippen LogP contribution in [0.5, 0.6) is 0 Å². The molecule has 11 heteroatoms. The van der Waals surface area contributed by atoms with Gasteiger partial charge in [-0.3, -0.25) is 14.9 Å². The van der Waals surface area contributed by atoms with E-state index in [4.69, 9.17) is 0 Å². The molecular formula is C19H21FN4O5S. The molecule has 1 fully saturated rings. The number of piperazine rings is 1. The Morgan fingerprint density at radius 3 is 2.47 bits per heavy atom. The number of hydrogen-bond acceptors (Lipinski definition) is 6. The standard InChI is InChI=1S/C19H21FN4O5S/c20-15-4-3-5-16(14-15)30(28,29)23-12-10-22(11-13-23)19(25)8-9-21-17-6-1-2-7-18(17)24(26)27/h1-7,14,21H,8-13H2. The molecule has 0 radical (unpaired) electrons. The van der Waals surface area contributed by atoms with Crippen LogP contribution in [0.15, 0.2) is 53.4 Å². The van der Waals surface area contributed by atoms with Gasteiger partial charge in [-0.05, 0) is 24.3 Å². The number of carbonyl (C=O) groups is 1. The van der Waals surface area contributed by atoms with Crippen LogP contribution in [0.3, 0.4) is 0 Å². The number of halogens is 1. The lowest BCUT2D eigenvalue weighted by Gasteiger charge is -2.34. The monoisotopic (exact) mass is 436 g/mol. The fraction of sp³-hybridized carbons (Fsp3) is 0.316. The van der Waals surface area contributed by atoms with Crippen molar-refractivity contribution in [3.8, 4) is 0 Å². The number of nitro groups is 1. The Balaban J connectivity index is 1.52. The van der Waals surface area contributed by atoms with Crippen molar-refractivity contribution in [1.29, 1.82) is 0 Å². The molecule has 3 rings (SSSR count). The molecule has 0 saturated carbocycles. The van der Waals surface area contributed by atoms with Gasteiger partial charge in [0, 0.05) is 45.2 Å². The van der Waals surface area contributed by atoms with Crippen LogP contribution >= 0.6 is 0 Å². The van der Waals surface area contributed by atoms with E-state index in [-0.39, 0.29) is 55.6 Å². The van der Waals surface area contributed by atoms with Gasteiger partial charge in [0.1, 0.15) is 11.5 Å². The van der Waals surface area contributed by atoms with Crippen molar-refractivity contribution < 1.29 is 22.5 Å². The normalized spacial score (nSPS) is 15.0. The molecule has 0 unspecified atom stereocenters. The maximum Gasteiger partial charge on any atom is 0.292 e. The van der Waals surface area contributed by atoms with Crippen molar-refractivity contribution in [2.45, 2.75) is 11.3 Å². The number of anilines is 1. The largest absolute Gasteiger partial charge is 0.379 e. The van der Waals surface area contributed by atoms with E-state index >= 15 is 0 Å². The average Bonchev–Trinajstić information content (AvgIpc) is 2.74. The molecule has 9 nitrogen and oxygen atoms in total. The van der Waals surface area contributed by atoms with E-state index in [9.17, 15) is 27.7 Å². The second-order valence-electron chi connectivity index (χ2n) is 6.69. The summed E-state index contributed by atoms with van der Waals surface area (Å²) < 4.78 is 39.8.